The SMILES string of the molecule is COc1ccc(Cn2cc(C(CC(=O)NCCc3ccccn3)c3cc(C)ccc3F)c3ccccc32)cc1. The van der Waals surface area contributed by atoms with Crippen LogP contribution >= 0.6 is 0 Å². The van der Waals surface area contributed by atoms with Gasteiger partial charge in [-0.05, 0) is 60.0 Å². The lowest BCUT2D eigenvalue weighted by Gasteiger charge is -2.19. The number of aryl methyl sites for hydroxylation is 1. The molecule has 198 valence electrons. The van der Waals surface area contributed by atoms with E-state index >= 15 is 4.39 Å². The Hall–Kier alpha value is -4.45. The van der Waals surface area contributed by atoms with Gasteiger partial charge >= 0.3 is 0 Å². The van der Waals surface area contributed by atoms with Crippen molar-refractivity contribution in [3.05, 3.63) is 131 Å². The average molecular weight is 522 g/mol. The highest BCUT2D eigenvalue weighted by Crippen LogP contribution is 2.36. The number of para-hydroxylation sites is 1. The van der Waals surface area contributed by atoms with Gasteiger partial charge in [0, 0.05) is 60.8 Å². The van der Waals surface area contributed by atoms with Gasteiger partial charge in [-0.1, -0.05) is 54.1 Å². The van der Waals surface area contributed by atoms with E-state index in [9.17, 15) is 4.79 Å². The molecule has 0 aliphatic heterocycles. The standard InChI is InChI=1S/C33H32FN3O2/c1-23-10-15-31(34)29(19-23)28(20-33(38)36-18-16-25-7-5-6-17-35-25)30-22-37(32-9-4-3-8-27(30)32)21-24-11-13-26(39-2)14-12-24/h3-15,17,19,22,28H,16,18,20-21H2,1-2H3,(H,36,38). The van der Waals surface area contributed by atoms with Crippen molar-refractivity contribution in [3.63, 3.8) is 0 Å². The minimum Gasteiger partial charge on any atom is -0.497 e. The molecule has 0 radical (unpaired) electrons. The van der Waals surface area contributed by atoms with E-state index in [1.807, 2.05) is 67.6 Å². The van der Waals surface area contributed by atoms with Crippen LogP contribution in [0.4, 0.5) is 4.39 Å². The molecule has 39 heavy (non-hydrogen) atoms. The topological polar surface area (TPSA) is 56.1 Å². The average Bonchev–Trinajstić information content (AvgIpc) is 3.32. The third kappa shape index (κ3) is 6.17. The molecule has 1 amide bonds. The molecule has 0 aliphatic carbocycles. The minimum absolute atomic E-state index is 0.121. The van der Waals surface area contributed by atoms with Gasteiger partial charge in [0.05, 0.1) is 7.11 Å². The van der Waals surface area contributed by atoms with Crippen molar-refractivity contribution in [1.82, 2.24) is 14.9 Å². The Morgan fingerprint density at radius 2 is 1.79 bits per heavy atom. The molecule has 6 heteroatoms. The second kappa shape index (κ2) is 11.9. The predicted molar refractivity (Wildman–Crippen MR) is 153 cm³/mol. The van der Waals surface area contributed by atoms with Gasteiger partial charge < -0.3 is 14.6 Å². The summed E-state index contributed by atoms with van der Waals surface area (Å²) < 4.78 is 22.8. The van der Waals surface area contributed by atoms with Crippen molar-refractivity contribution < 1.29 is 13.9 Å². The number of methoxy groups -OCH3 is 1. The third-order valence-corrected chi connectivity index (χ3v) is 7.05. The molecule has 1 unspecified atom stereocenters. The van der Waals surface area contributed by atoms with Crippen LogP contribution in [0.2, 0.25) is 0 Å². The van der Waals surface area contributed by atoms with E-state index < -0.39 is 5.92 Å². The number of nitrogens with zero attached hydrogens (tertiary/aromatic N) is 2. The summed E-state index contributed by atoms with van der Waals surface area (Å²) >= 11 is 0. The van der Waals surface area contributed by atoms with Crippen LogP contribution in [0.25, 0.3) is 10.9 Å². The van der Waals surface area contributed by atoms with E-state index in [4.69, 9.17) is 4.74 Å². The zero-order valence-electron chi connectivity index (χ0n) is 22.2. The molecule has 3 aromatic carbocycles. The lowest BCUT2D eigenvalue weighted by atomic mass is 9.87. The monoisotopic (exact) mass is 521 g/mol. The van der Waals surface area contributed by atoms with Crippen LogP contribution in [0.5, 0.6) is 5.75 Å². The molecular weight excluding hydrogens is 489 g/mol. The van der Waals surface area contributed by atoms with Crippen molar-refractivity contribution in [2.75, 3.05) is 13.7 Å². The number of pyridine rings is 1. The Balaban J connectivity index is 1.47. The number of aromatic nitrogens is 2. The van der Waals surface area contributed by atoms with Crippen LogP contribution < -0.4 is 10.1 Å². The smallest absolute Gasteiger partial charge is 0.220 e. The highest BCUT2D eigenvalue weighted by atomic mass is 19.1. The highest BCUT2D eigenvalue weighted by molar-refractivity contribution is 5.87. The highest BCUT2D eigenvalue weighted by Gasteiger charge is 2.25. The van der Waals surface area contributed by atoms with Crippen molar-refractivity contribution >= 4 is 16.8 Å². The summed E-state index contributed by atoms with van der Waals surface area (Å²) in [6, 6.07) is 26.9. The Morgan fingerprint density at radius 1 is 1.00 bits per heavy atom. The lowest BCUT2D eigenvalue weighted by Crippen LogP contribution is -2.27. The Labute approximate surface area is 228 Å². The quantitative estimate of drug-likeness (QED) is 0.231. The molecule has 0 aliphatic rings. The number of rotatable bonds is 10. The van der Waals surface area contributed by atoms with E-state index in [0.717, 1.165) is 39.0 Å². The number of halogens is 1. The Kier molecular flexibility index (Phi) is 8.02. The number of benzene rings is 3. The van der Waals surface area contributed by atoms with Crippen LogP contribution in [0.3, 0.4) is 0 Å². The summed E-state index contributed by atoms with van der Waals surface area (Å²) in [6.07, 6.45) is 4.59. The molecule has 1 N–H and O–H groups in total. The fourth-order valence-corrected chi connectivity index (χ4v) is 5.06. The number of ether oxygens (including phenoxy) is 1. The molecule has 0 saturated heterocycles. The summed E-state index contributed by atoms with van der Waals surface area (Å²) in [7, 11) is 1.65. The number of amides is 1. The van der Waals surface area contributed by atoms with Gasteiger partial charge in [-0.2, -0.15) is 0 Å². The first-order valence-electron chi connectivity index (χ1n) is 13.1. The molecule has 0 bridgehead atoms. The maximum absolute atomic E-state index is 15.3. The summed E-state index contributed by atoms with van der Waals surface area (Å²) in [5, 5.41) is 4.03. The predicted octanol–water partition coefficient (Wildman–Crippen LogP) is 6.42. The van der Waals surface area contributed by atoms with Crippen LogP contribution in [0.15, 0.2) is 97.3 Å². The van der Waals surface area contributed by atoms with Crippen molar-refractivity contribution in [1.29, 1.82) is 0 Å². The van der Waals surface area contributed by atoms with Gasteiger partial charge in [0.25, 0.3) is 0 Å². The summed E-state index contributed by atoms with van der Waals surface area (Å²) in [5.41, 5.74) is 5.49. The van der Waals surface area contributed by atoms with Gasteiger partial charge in [0.1, 0.15) is 11.6 Å². The fourth-order valence-electron chi connectivity index (χ4n) is 5.06. The van der Waals surface area contributed by atoms with Gasteiger partial charge in [-0.25, -0.2) is 4.39 Å². The Bertz CT molecular complexity index is 1560. The molecule has 0 spiro atoms. The second-order valence-corrected chi connectivity index (χ2v) is 9.78. The van der Waals surface area contributed by atoms with Gasteiger partial charge in [-0.15, -0.1) is 0 Å². The van der Waals surface area contributed by atoms with Crippen molar-refractivity contribution in [2.24, 2.45) is 0 Å². The van der Waals surface area contributed by atoms with Crippen LogP contribution in [-0.4, -0.2) is 29.1 Å². The summed E-state index contributed by atoms with van der Waals surface area (Å²) in [5.74, 6) is -0.0645. The van der Waals surface area contributed by atoms with Crippen molar-refractivity contribution in [3.8, 4) is 5.75 Å². The number of fused-ring (bicyclic) bond motifs is 1. The summed E-state index contributed by atoms with van der Waals surface area (Å²) in [4.78, 5) is 17.5. The van der Waals surface area contributed by atoms with Gasteiger partial charge in [0.15, 0.2) is 0 Å². The minimum atomic E-state index is -0.443. The van der Waals surface area contributed by atoms with E-state index in [0.29, 0.717) is 25.1 Å². The van der Waals surface area contributed by atoms with E-state index in [2.05, 4.69) is 33.2 Å². The van der Waals surface area contributed by atoms with Crippen molar-refractivity contribution in [2.45, 2.75) is 32.2 Å². The molecule has 1 atom stereocenters. The van der Waals surface area contributed by atoms with E-state index in [1.54, 1.807) is 19.4 Å². The zero-order valence-corrected chi connectivity index (χ0v) is 22.2. The van der Waals surface area contributed by atoms with Crippen LogP contribution in [-0.2, 0) is 17.8 Å². The molecule has 2 heterocycles. The molecule has 0 saturated carbocycles. The van der Waals surface area contributed by atoms with Crippen LogP contribution in [0.1, 0.15) is 40.3 Å². The first-order chi connectivity index (χ1) is 19.0. The number of hydrogen-bond donors (Lipinski definition) is 1. The number of carbonyl (C=O) groups excluding carboxylic acids is 1. The maximum Gasteiger partial charge on any atom is 0.220 e. The lowest BCUT2D eigenvalue weighted by molar-refractivity contribution is -0.121. The van der Waals surface area contributed by atoms with Gasteiger partial charge in [0.2, 0.25) is 5.91 Å². The molecule has 0 fully saturated rings. The molecule has 2 aromatic heterocycles. The molecule has 5 aromatic rings. The first kappa shape index (κ1) is 26.2. The first-order valence-corrected chi connectivity index (χ1v) is 13.1. The van der Waals surface area contributed by atoms with E-state index in [1.165, 1.54) is 6.07 Å². The molecule has 5 nitrogen and oxygen atoms in total. The van der Waals surface area contributed by atoms with E-state index in [-0.39, 0.29) is 18.1 Å². The van der Waals surface area contributed by atoms with Crippen LogP contribution in [0, 0.1) is 12.7 Å². The molecular formula is C33H32FN3O2. The number of nitrogens with one attached hydrogen (secondary N) is 1. The normalized spacial score (nSPS) is 11.9. The number of carbonyl (C=O) groups is 1. The fraction of sp³-hybridized carbons (Fsp3) is 0.212. The number of hydrogen-bond acceptors (Lipinski definition) is 3. The van der Waals surface area contributed by atoms with Gasteiger partial charge in [-0.3, -0.25) is 9.78 Å². The summed E-state index contributed by atoms with van der Waals surface area (Å²) in [6.45, 7) is 3.06. The second-order valence-electron chi connectivity index (χ2n) is 9.78. The Morgan fingerprint density at radius 3 is 2.56 bits per heavy atom. The largest absolute Gasteiger partial charge is 0.497 e. The molecule has 5 rings (SSSR count). The third-order valence-electron chi connectivity index (χ3n) is 7.05. The zero-order chi connectivity index (χ0) is 27.2. The maximum atomic E-state index is 15.3.